The summed E-state index contributed by atoms with van der Waals surface area (Å²) in [6, 6.07) is 15.8. The van der Waals surface area contributed by atoms with E-state index in [4.69, 9.17) is 4.98 Å². The van der Waals surface area contributed by atoms with Gasteiger partial charge in [0.15, 0.2) is 5.65 Å². The predicted molar refractivity (Wildman–Crippen MR) is 134 cm³/mol. The molecule has 0 spiro atoms. The summed E-state index contributed by atoms with van der Waals surface area (Å²) in [5.41, 5.74) is 5.73. The van der Waals surface area contributed by atoms with Crippen LogP contribution in [0.1, 0.15) is 30.8 Å². The molecule has 4 heterocycles. The number of anilines is 1. The second-order valence-electron chi connectivity index (χ2n) is 8.80. The summed E-state index contributed by atoms with van der Waals surface area (Å²) in [5.74, 6) is 1.41. The average Bonchev–Trinajstić information content (AvgIpc) is 3.40. The number of amides is 1. The zero-order chi connectivity index (χ0) is 24.2. The van der Waals surface area contributed by atoms with Gasteiger partial charge in [0.05, 0.1) is 11.0 Å². The number of imidazole rings is 1. The lowest BCUT2D eigenvalue weighted by Gasteiger charge is -2.23. The maximum absolute atomic E-state index is 13.1. The minimum atomic E-state index is -0.800. The minimum absolute atomic E-state index is 0.0411. The molecule has 1 N–H and O–H groups in total. The molecule has 0 unspecified atom stereocenters. The second kappa shape index (κ2) is 7.80. The number of benzene rings is 2. The van der Waals surface area contributed by atoms with Gasteiger partial charge in [-0.3, -0.25) is 4.79 Å². The van der Waals surface area contributed by atoms with Crippen LogP contribution in [-0.2, 0) is 16.8 Å². The molecule has 3 aromatic heterocycles. The first-order valence-corrected chi connectivity index (χ1v) is 11.5. The van der Waals surface area contributed by atoms with Crippen LogP contribution in [0.3, 0.4) is 0 Å². The van der Waals surface area contributed by atoms with Crippen molar-refractivity contribution in [2.24, 2.45) is 0 Å². The average molecular weight is 462 g/mol. The van der Waals surface area contributed by atoms with Gasteiger partial charge in [-0.2, -0.15) is 0 Å². The predicted octanol–water partition coefficient (Wildman–Crippen LogP) is 4.54. The van der Waals surface area contributed by atoms with Gasteiger partial charge < -0.3 is 9.88 Å². The normalized spacial score (nSPS) is 16.9. The van der Waals surface area contributed by atoms with E-state index in [0.717, 1.165) is 39.4 Å². The number of nitrogens with zero attached hydrogens (tertiary/aromatic N) is 6. The Labute approximate surface area is 202 Å². The number of rotatable bonds is 4. The zero-order valence-corrected chi connectivity index (χ0v) is 19.6. The maximum Gasteiger partial charge on any atom is 0.239 e. The van der Waals surface area contributed by atoms with Crippen molar-refractivity contribution in [2.75, 3.05) is 5.32 Å². The highest BCUT2D eigenvalue weighted by molar-refractivity contribution is 6.09. The quantitative estimate of drug-likeness (QED) is 0.422. The molecule has 0 fully saturated rings. The molecule has 8 nitrogen and oxygen atoms in total. The van der Waals surface area contributed by atoms with Crippen LogP contribution >= 0.6 is 0 Å². The molecule has 0 radical (unpaired) electrons. The minimum Gasteiger partial charge on any atom is -0.325 e. The number of fused-ring (bicyclic) bond motifs is 2. The lowest BCUT2D eigenvalue weighted by atomic mass is 9.77. The Morgan fingerprint density at radius 3 is 2.49 bits per heavy atom. The van der Waals surface area contributed by atoms with E-state index in [0.29, 0.717) is 23.6 Å². The van der Waals surface area contributed by atoms with Crippen molar-refractivity contribution in [1.82, 2.24) is 29.5 Å². The van der Waals surface area contributed by atoms with Crippen LogP contribution in [0.5, 0.6) is 0 Å². The van der Waals surface area contributed by atoms with Crippen molar-refractivity contribution >= 4 is 22.8 Å². The van der Waals surface area contributed by atoms with Crippen LogP contribution < -0.4 is 5.32 Å². The summed E-state index contributed by atoms with van der Waals surface area (Å²) < 4.78 is 2.04. The number of hydrogen-bond donors (Lipinski definition) is 1. The van der Waals surface area contributed by atoms with E-state index in [1.807, 2.05) is 66.9 Å². The van der Waals surface area contributed by atoms with Crippen LogP contribution in [0.25, 0.3) is 33.8 Å². The summed E-state index contributed by atoms with van der Waals surface area (Å²) in [7, 11) is 0. The molecule has 1 atom stereocenters. The lowest BCUT2D eigenvalue weighted by molar-refractivity contribution is -0.119. The van der Waals surface area contributed by atoms with E-state index in [2.05, 4.69) is 32.2 Å². The van der Waals surface area contributed by atoms with Gasteiger partial charge in [0.25, 0.3) is 0 Å². The number of carbonyl (C=O) groups excluding carboxylic acids is 1. The van der Waals surface area contributed by atoms with Gasteiger partial charge in [0.1, 0.15) is 29.2 Å². The Morgan fingerprint density at radius 1 is 0.971 bits per heavy atom. The van der Waals surface area contributed by atoms with E-state index < -0.39 is 5.41 Å². The van der Waals surface area contributed by atoms with Crippen molar-refractivity contribution in [3.63, 3.8) is 0 Å². The van der Waals surface area contributed by atoms with E-state index in [1.165, 1.54) is 0 Å². The van der Waals surface area contributed by atoms with Gasteiger partial charge in [-0.15, -0.1) is 0 Å². The molecule has 0 saturated carbocycles. The molecule has 8 heteroatoms. The van der Waals surface area contributed by atoms with Crippen molar-refractivity contribution in [1.29, 1.82) is 0 Å². The summed E-state index contributed by atoms with van der Waals surface area (Å²) in [4.78, 5) is 35.9. The van der Waals surface area contributed by atoms with Crippen molar-refractivity contribution < 1.29 is 4.79 Å². The van der Waals surface area contributed by atoms with Gasteiger partial charge in [-0.25, -0.2) is 24.9 Å². The van der Waals surface area contributed by atoms with E-state index in [9.17, 15) is 4.79 Å². The summed E-state index contributed by atoms with van der Waals surface area (Å²) >= 11 is 0. The molecule has 1 aliphatic heterocycles. The van der Waals surface area contributed by atoms with Crippen molar-refractivity contribution in [3.05, 3.63) is 84.2 Å². The van der Waals surface area contributed by atoms with E-state index in [1.54, 1.807) is 18.7 Å². The van der Waals surface area contributed by atoms with Crippen LogP contribution in [0.2, 0.25) is 0 Å². The number of hydrogen-bond acceptors (Lipinski definition) is 6. The smallest absolute Gasteiger partial charge is 0.239 e. The third-order valence-electron chi connectivity index (χ3n) is 6.77. The van der Waals surface area contributed by atoms with Crippen LogP contribution in [0.4, 0.5) is 5.69 Å². The topological polar surface area (TPSA) is 98.5 Å². The van der Waals surface area contributed by atoms with Crippen LogP contribution in [0, 0.1) is 6.92 Å². The summed E-state index contributed by atoms with van der Waals surface area (Å²) in [6.07, 6.45) is 5.12. The lowest BCUT2D eigenvalue weighted by Crippen LogP contribution is -2.32. The number of aromatic nitrogens is 6. The van der Waals surface area contributed by atoms with Gasteiger partial charge in [0.2, 0.25) is 5.91 Å². The van der Waals surface area contributed by atoms with Gasteiger partial charge >= 0.3 is 0 Å². The molecular formula is C27H23N7O. The van der Waals surface area contributed by atoms with Gasteiger partial charge in [-0.1, -0.05) is 36.4 Å². The zero-order valence-electron chi connectivity index (χ0n) is 19.6. The Morgan fingerprint density at radius 2 is 1.74 bits per heavy atom. The monoisotopic (exact) mass is 461 g/mol. The first-order chi connectivity index (χ1) is 17.0. The number of nitrogens with one attached hydrogen (secondary N) is 1. The molecule has 0 saturated heterocycles. The largest absolute Gasteiger partial charge is 0.325 e. The second-order valence-corrected chi connectivity index (χ2v) is 8.80. The molecule has 0 bridgehead atoms. The third-order valence-corrected chi connectivity index (χ3v) is 6.77. The molecule has 35 heavy (non-hydrogen) atoms. The Bertz CT molecular complexity index is 1590. The Kier molecular flexibility index (Phi) is 4.70. The molecule has 6 rings (SSSR count). The third kappa shape index (κ3) is 3.13. The maximum atomic E-state index is 13.1. The highest BCUT2D eigenvalue weighted by Gasteiger charge is 2.44. The van der Waals surface area contributed by atoms with Crippen LogP contribution in [-0.4, -0.2) is 35.4 Å². The summed E-state index contributed by atoms with van der Waals surface area (Å²) in [6.45, 7) is 6.56. The Balaban J connectivity index is 1.54. The van der Waals surface area contributed by atoms with E-state index >= 15 is 0 Å². The van der Waals surface area contributed by atoms with Crippen LogP contribution in [0.15, 0.2) is 67.3 Å². The number of carbonyl (C=O) groups is 1. The van der Waals surface area contributed by atoms with Gasteiger partial charge in [-0.05, 0) is 44.0 Å². The van der Waals surface area contributed by atoms with Crippen molar-refractivity contribution in [3.8, 4) is 22.6 Å². The highest BCUT2D eigenvalue weighted by Crippen LogP contribution is 2.44. The Hall–Kier alpha value is -4.46. The SMILES string of the molecule is CCn1c(-c2cnc(C)nc2)nc2c(-c3ccc4c(c3)[C@@](C)(c3ccccc3)C(=O)N4)ncnc21. The fraction of sp³-hybridized carbons (Fsp3) is 0.185. The first kappa shape index (κ1) is 21.1. The molecular weight excluding hydrogens is 438 g/mol. The fourth-order valence-corrected chi connectivity index (χ4v) is 4.82. The van der Waals surface area contributed by atoms with Crippen molar-refractivity contribution in [2.45, 2.75) is 32.7 Å². The standard InChI is InChI=1S/C27H23N7O/c1-4-34-24(18-13-28-16(2)29-14-18)33-23-22(30-15-31-25(23)34)17-10-11-21-20(12-17)27(3,26(35)32-21)19-8-6-5-7-9-19/h5-15H,4H2,1-3H3,(H,32,35)/t27-/m1/s1. The first-order valence-electron chi connectivity index (χ1n) is 11.5. The molecule has 1 aliphatic rings. The highest BCUT2D eigenvalue weighted by atomic mass is 16.2. The molecule has 5 aromatic rings. The number of aryl methyl sites for hydroxylation is 2. The molecule has 1 amide bonds. The molecule has 0 aliphatic carbocycles. The summed E-state index contributed by atoms with van der Waals surface area (Å²) in [5, 5.41) is 3.05. The fourth-order valence-electron chi connectivity index (χ4n) is 4.82. The van der Waals surface area contributed by atoms with Gasteiger partial charge in [0, 0.05) is 30.2 Å². The molecule has 172 valence electrons. The molecule has 2 aromatic carbocycles. The van der Waals surface area contributed by atoms with E-state index in [-0.39, 0.29) is 5.91 Å².